The van der Waals surface area contributed by atoms with Gasteiger partial charge in [0.15, 0.2) is 0 Å². The fraction of sp³-hybridized carbons (Fsp3) is 0.250. The van der Waals surface area contributed by atoms with Crippen molar-refractivity contribution >= 4 is 9.33 Å². The van der Waals surface area contributed by atoms with E-state index in [1.807, 2.05) is 0 Å². The van der Waals surface area contributed by atoms with Gasteiger partial charge in [-0.05, 0) is 0 Å². The summed E-state index contributed by atoms with van der Waals surface area (Å²) in [4.78, 5) is 0. The number of halogens is 2. The van der Waals surface area contributed by atoms with Crippen LogP contribution in [0.15, 0.2) is 30.3 Å². The van der Waals surface area contributed by atoms with Crippen molar-refractivity contribution in [2.24, 2.45) is 0 Å². The van der Waals surface area contributed by atoms with Gasteiger partial charge in [-0.1, -0.05) is 0 Å². The molecule has 1 unspecified atom stereocenters. The van der Waals surface area contributed by atoms with E-state index >= 15 is 0 Å². The van der Waals surface area contributed by atoms with Crippen LogP contribution in [0, 0.1) is 0 Å². The first-order valence-corrected chi connectivity index (χ1v) is 8.48. The first kappa shape index (κ1) is 15.3. The molecule has 1 aliphatic rings. The molecular weight excluding hydrogens is 394 g/mol. The molecule has 0 bridgehead atoms. The van der Waals surface area contributed by atoms with Crippen molar-refractivity contribution in [2.45, 2.75) is 17.5 Å². The van der Waals surface area contributed by atoms with E-state index in [9.17, 15) is 0 Å². The molecule has 0 nitrogen and oxygen atoms in total. The van der Waals surface area contributed by atoms with Crippen LogP contribution in [0.4, 0.5) is 0 Å². The second kappa shape index (κ2) is 6.78. The summed E-state index contributed by atoms with van der Waals surface area (Å²) in [6.45, 7) is 4.58. The quantitative estimate of drug-likeness (QED) is 0.438. The third-order valence-electron chi connectivity index (χ3n) is 2.24. The minimum absolute atomic E-state index is 0. The molecule has 0 fully saturated rings. The molecule has 1 aromatic rings. The minimum Gasteiger partial charge on any atom is -1.00 e. The normalized spacial score (nSPS) is 15.7. The zero-order valence-electron chi connectivity index (χ0n) is 8.80. The summed E-state index contributed by atoms with van der Waals surface area (Å²) in [6.07, 6.45) is 4.69. The Kier molecular flexibility index (Phi) is 6.90. The van der Waals surface area contributed by atoms with E-state index in [4.69, 9.17) is 0 Å². The van der Waals surface area contributed by atoms with Crippen molar-refractivity contribution in [3.63, 3.8) is 0 Å². The zero-order chi connectivity index (χ0) is 9.26. The molecule has 0 saturated heterocycles. The van der Waals surface area contributed by atoms with E-state index in [1.54, 1.807) is 8.82 Å². The van der Waals surface area contributed by atoms with Crippen molar-refractivity contribution in [3.05, 3.63) is 41.5 Å². The molecule has 2 rings (SSSR count). The van der Waals surface area contributed by atoms with Gasteiger partial charge in [-0.2, -0.15) is 0 Å². The van der Waals surface area contributed by atoms with Gasteiger partial charge in [-0.15, -0.1) is 0 Å². The molecule has 0 radical (unpaired) electrons. The average molecular weight is 407 g/mol. The zero-order valence-corrected chi connectivity index (χ0v) is 13.9. The van der Waals surface area contributed by atoms with Crippen LogP contribution in [0.25, 0.3) is 6.08 Å². The minimum atomic E-state index is -0.554. The predicted octanol–water partition coefficient (Wildman–Crippen LogP) is -2.94. The van der Waals surface area contributed by atoms with Gasteiger partial charge in [-0.25, -0.2) is 0 Å². The van der Waals surface area contributed by atoms with E-state index in [-0.39, 0.29) is 24.8 Å². The first-order chi connectivity index (χ1) is 6.27. The largest absolute Gasteiger partial charge is 1.00 e. The van der Waals surface area contributed by atoms with Crippen molar-refractivity contribution in [1.29, 1.82) is 0 Å². The van der Waals surface area contributed by atoms with E-state index in [2.05, 4.69) is 50.3 Å². The van der Waals surface area contributed by atoms with E-state index in [1.165, 1.54) is 5.56 Å². The maximum absolute atomic E-state index is 2.40. The van der Waals surface area contributed by atoms with E-state index in [0.717, 1.165) is 3.67 Å². The molecule has 0 aromatic heterocycles. The average Bonchev–Trinajstić information content (AvgIpc) is 2.48. The Morgan fingerprint density at radius 1 is 1.13 bits per heavy atom. The summed E-state index contributed by atoms with van der Waals surface area (Å²) in [5.41, 5.74) is 3.02. The van der Waals surface area contributed by atoms with Crippen LogP contribution in [0.5, 0.6) is 0 Å². The Morgan fingerprint density at radius 2 is 1.80 bits per heavy atom. The predicted molar refractivity (Wildman–Crippen MR) is 54.6 cm³/mol. The molecule has 1 atom stereocenters. The third kappa shape index (κ3) is 3.65. The molecule has 0 spiro atoms. The number of allylic oxidation sites excluding steroid dienone is 1. The fourth-order valence-corrected chi connectivity index (χ4v) is 6.12. The molecule has 15 heavy (non-hydrogen) atoms. The maximum atomic E-state index is 2.40. The molecule has 0 amide bonds. The molecule has 0 saturated carbocycles. The SMILES string of the molecule is C[C](C)=[Hf+2][CH]1C=Cc2ccccc21.[Cl-].[Cl-]. The third-order valence-corrected chi connectivity index (χ3v) is 7.24. The molecular formula is C12H13Cl2Hf. The fourth-order valence-electron chi connectivity index (χ4n) is 1.69. The van der Waals surface area contributed by atoms with Crippen LogP contribution in [0.3, 0.4) is 0 Å². The number of hydrogen-bond acceptors (Lipinski definition) is 0. The summed E-state index contributed by atoms with van der Waals surface area (Å²) in [5, 5.41) is 0. The first-order valence-electron chi connectivity index (χ1n) is 4.61. The number of benzene rings is 1. The standard InChI is InChI=1S/C9H7.C3H6.2ClH.Hf/c1-2-5-9-7-3-6-8(9)4-1;1-3-2;;;/h1-7H;1-2H3;2*1H;/q;;;;+2/p-2. The molecule has 1 aliphatic carbocycles. The van der Waals surface area contributed by atoms with Gasteiger partial charge in [-0.3, -0.25) is 0 Å². The van der Waals surface area contributed by atoms with Crippen LogP contribution in [-0.2, 0) is 22.4 Å². The second-order valence-electron chi connectivity index (χ2n) is 3.61. The summed E-state index contributed by atoms with van der Waals surface area (Å²) in [6, 6.07) is 8.80. The van der Waals surface area contributed by atoms with Crippen LogP contribution >= 0.6 is 0 Å². The Morgan fingerprint density at radius 3 is 2.47 bits per heavy atom. The summed E-state index contributed by atoms with van der Waals surface area (Å²) in [7, 11) is 0. The van der Waals surface area contributed by atoms with Crippen LogP contribution in [0.2, 0.25) is 0 Å². The van der Waals surface area contributed by atoms with Crippen molar-refractivity contribution < 1.29 is 47.2 Å². The molecule has 0 N–H and O–H groups in total. The van der Waals surface area contributed by atoms with Gasteiger partial charge in [0.2, 0.25) is 0 Å². The van der Waals surface area contributed by atoms with Gasteiger partial charge in [0, 0.05) is 0 Å². The van der Waals surface area contributed by atoms with E-state index < -0.39 is 22.4 Å². The number of fused-ring (bicyclic) bond motifs is 1. The topological polar surface area (TPSA) is 0 Å². The molecule has 79 valence electrons. The van der Waals surface area contributed by atoms with Crippen molar-refractivity contribution in [1.82, 2.24) is 0 Å². The summed E-state index contributed by atoms with van der Waals surface area (Å²) < 4.78 is 2.52. The Labute approximate surface area is 115 Å². The molecule has 1 aromatic carbocycles. The summed E-state index contributed by atoms with van der Waals surface area (Å²) >= 11 is -0.554. The van der Waals surface area contributed by atoms with Gasteiger partial charge >= 0.3 is 90.7 Å². The van der Waals surface area contributed by atoms with Gasteiger partial charge < -0.3 is 24.8 Å². The van der Waals surface area contributed by atoms with Gasteiger partial charge in [0.05, 0.1) is 0 Å². The molecule has 0 heterocycles. The van der Waals surface area contributed by atoms with Gasteiger partial charge in [0.1, 0.15) is 0 Å². The number of hydrogen-bond donors (Lipinski definition) is 0. The smallest absolute Gasteiger partial charge is 1.00 e. The van der Waals surface area contributed by atoms with Crippen molar-refractivity contribution in [3.8, 4) is 0 Å². The second-order valence-corrected chi connectivity index (χ2v) is 10.5. The summed E-state index contributed by atoms with van der Waals surface area (Å²) in [5.74, 6) is 0. The Balaban J connectivity index is 0.000000980. The van der Waals surface area contributed by atoms with Crippen molar-refractivity contribution in [2.75, 3.05) is 0 Å². The monoisotopic (exact) mass is 407 g/mol. The maximum Gasteiger partial charge on any atom is -1.00 e. The Hall–Kier alpha value is 0.280. The molecule has 3 heteroatoms. The number of rotatable bonds is 1. The van der Waals surface area contributed by atoms with Gasteiger partial charge in [0.25, 0.3) is 0 Å². The van der Waals surface area contributed by atoms with E-state index in [0.29, 0.717) is 0 Å². The van der Waals surface area contributed by atoms with Crippen LogP contribution in [0.1, 0.15) is 28.6 Å². The molecule has 0 aliphatic heterocycles. The Bertz CT molecular complexity index is 379. The van der Waals surface area contributed by atoms with Crippen LogP contribution < -0.4 is 24.8 Å². The van der Waals surface area contributed by atoms with Crippen LogP contribution in [-0.4, -0.2) is 3.26 Å².